The summed E-state index contributed by atoms with van der Waals surface area (Å²) in [6, 6.07) is 1.92. The molecule has 0 radical (unpaired) electrons. The molecule has 3 nitrogen and oxygen atoms in total. The van der Waals surface area contributed by atoms with Crippen LogP contribution in [0.15, 0.2) is 16.9 Å². The molecule has 0 aliphatic heterocycles. The summed E-state index contributed by atoms with van der Waals surface area (Å²) in [5.41, 5.74) is 7.01. The van der Waals surface area contributed by atoms with Crippen molar-refractivity contribution in [2.45, 2.75) is 19.4 Å². The van der Waals surface area contributed by atoms with E-state index in [2.05, 4.69) is 20.9 Å². The van der Waals surface area contributed by atoms with E-state index in [0.717, 1.165) is 11.1 Å². The molecule has 0 bridgehead atoms. The van der Waals surface area contributed by atoms with Gasteiger partial charge in [-0.1, -0.05) is 0 Å². The van der Waals surface area contributed by atoms with Crippen LogP contribution in [0.2, 0.25) is 0 Å². The first-order chi connectivity index (χ1) is 5.97. The van der Waals surface area contributed by atoms with Gasteiger partial charge in [-0.05, 0) is 41.4 Å². The Morgan fingerprint density at radius 3 is 2.85 bits per heavy atom. The maximum atomic E-state index is 9.09. The molecule has 0 amide bonds. The SMILES string of the molecule is Cc1cnc(Br)c(C(C)(N)CO)c1. The predicted molar refractivity (Wildman–Crippen MR) is 55.3 cm³/mol. The molecule has 72 valence electrons. The Bertz CT molecular complexity index is 312. The molecule has 0 saturated heterocycles. The number of nitrogens with two attached hydrogens (primary N) is 1. The standard InChI is InChI=1S/C9H13BrN2O/c1-6-3-7(8(10)12-4-6)9(2,11)5-13/h3-4,13H,5,11H2,1-2H3. The molecular formula is C9H13BrN2O. The minimum Gasteiger partial charge on any atom is -0.394 e. The number of aliphatic hydroxyl groups is 1. The van der Waals surface area contributed by atoms with Crippen LogP contribution in [0.3, 0.4) is 0 Å². The molecule has 1 unspecified atom stereocenters. The quantitative estimate of drug-likeness (QED) is 0.772. The predicted octanol–water partition coefficient (Wildman–Crippen LogP) is 1.32. The minimum atomic E-state index is -0.738. The molecule has 1 rings (SSSR count). The molecule has 0 fully saturated rings. The van der Waals surface area contributed by atoms with E-state index in [1.165, 1.54) is 0 Å². The van der Waals surface area contributed by atoms with Crippen LogP contribution >= 0.6 is 15.9 Å². The molecule has 3 N–H and O–H groups in total. The molecule has 4 heteroatoms. The van der Waals surface area contributed by atoms with Crippen molar-refractivity contribution < 1.29 is 5.11 Å². The Morgan fingerprint density at radius 2 is 2.31 bits per heavy atom. The van der Waals surface area contributed by atoms with Crippen LogP contribution in [0.25, 0.3) is 0 Å². The molecule has 1 aromatic rings. The lowest BCUT2D eigenvalue weighted by Crippen LogP contribution is -2.37. The molecule has 0 spiro atoms. The lowest BCUT2D eigenvalue weighted by molar-refractivity contribution is 0.209. The first-order valence-electron chi connectivity index (χ1n) is 4.00. The van der Waals surface area contributed by atoms with Crippen LogP contribution in [0, 0.1) is 6.92 Å². The minimum absolute atomic E-state index is 0.100. The second-order valence-corrected chi connectivity index (χ2v) is 4.18. The zero-order chi connectivity index (χ0) is 10.1. The van der Waals surface area contributed by atoms with Gasteiger partial charge in [0.05, 0.1) is 12.1 Å². The monoisotopic (exact) mass is 244 g/mol. The van der Waals surface area contributed by atoms with Crippen molar-refractivity contribution in [2.75, 3.05) is 6.61 Å². The number of rotatable bonds is 2. The van der Waals surface area contributed by atoms with Crippen molar-refractivity contribution in [3.05, 3.63) is 28.0 Å². The average molecular weight is 245 g/mol. The van der Waals surface area contributed by atoms with Crippen molar-refractivity contribution in [1.29, 1.82) is 0 Å². The van der Waals surface area contributed by atoms with Crippen LogP contribution in [-0.2, 0) is 5.54 Å². The van der Waals surface area contributed by atoms with Gasteiger partial charge in [-0.3, -0.25) is 0 Å². The highest BCUT2D eigenvalue weighted by molar-refractivity contribution is 9.10. The van der Waals surface area contributed by atoms with Gasteiger partial charge in [-0.25, -0.2) is 4.98 Å². The van der Waals surface area contributed by atoms with Crippen LogP contribution in [0.5, 0.6) is 0 Å². The fourth-order valence-corrected chi connectivity index (χ4v) is 1.71. The van der Waals surface area contributed by atoms with Crippen molar-refractivity contribution in [2.24, 2.45) is 5.73 Å². The highest BCUT2D eigenvalue weighted by atomic mass is 79.9. The summed E-state index contributed by atoms with van der Waals surface area (Å²) in [7, 11) is 0. The van der Waals surface area contributed by atoms with Crippen LogP contribution in [-0.4, -0.2) is 16.7 Å². The molecule has 13 heavy (non-hydrogen) atoms. The molecule has 0 saturated carbocycles. The summed E-state index contributed by atoms with van der Waals surface area (Å²) in [6.07, 6.45) is 1.75. The number of nitrogens with zero attached hydrogens (tertiary/aromatic N) is 1. The summed E-state index contributed by atoms with van der Waals surface area (Å²) >= 11 is 3.30. The van der Waals surface area contributed by atoms with E-state index in [0.29, 0.717) is 4.60 Å². The van der Waals surface area contributed by atoms with Gasteiger partial charge in [0.1, 0.15) is 4.60 Å². The van der Waals surface area contributed by atoms with Crippen molar-refractivity contribution >= 4 is 15.9 Å². The number of aromatic nitrogens is 1. The van der Waals surface area contributed by atoms with E-state index < -0.39 is 5.54 Å². The van der Waals surface area contributed by atoms with Gasteiger partial charge in [-0.2, -0.15) is 0 Å². The Labute approximate surface area is 86.1 Å². The van der Waals surface area contributed by atoms with E-state index in [4.69, 9.17) is 10.8 Å². The van der Waals surface area contributed by atoms with Gasteiger partial charge < -0.3 is 10.8 Å². The lowest BCUT2D eigenvalue weighted by Gasteiger charge is -2.23. The number of aryl methyl sites for hydroxylation is 1. The topological polar surface area (TPSA) is 59.1 Å². The molecule has 0 aliphatic carbocycles. The molecule has 1 atom stereocenters. The third-order valence-corrected chi connectivity index (χ3v) is 2.55. The summed E-state index contributed by atoms with van der Waals surface area (Å²) < 4.78 is 0.692. The number of aliphatic hydroxyl groups excluding tert-OH is 1. The zero-order valence-corrected chi connectivity index (χ0v) is 9.30. The van der Waals surface area contributed by atoms with Crippen molar-refractivity contribution in [3.8, 4) is 0 Å². The third-order valence-electron chi connectivity index (χ3n) is 1.92. The van der Waals surface area contributed by atoms with Crippen LogP contribution in [0.1, 0.15) is 18.1 Å². The molecule has 0 aliphatic rings. The molecule has 0 aromatic carbocycles. The van der Waals surface area contributed by atoms with Crippen molar-refractivity contribution in [1.82, 2.24) is 4.98 Å². The molecule has 1 aromatic heterocycles. The van der Waals surface area contributed by atoms with Crippen LogP contribution < -0.4 is 5.73 Å². The van der Waals surface area contributed by atoms with E-state index in [1.54, 1.807) is 13.1 Å². The van der Waals surface area contributed by atoms with Gasteiger partial charge in [0.15, 0.2) is 0 Å². The Kier molecular flexibility index (Phi) is 3.05. The fourth-order valence-electron chi connectivity index (χ4n) is 1.04. The fraction of sp³-hybridized carbons (Fsp3) is 0.444. The van der Waals surface area contributed by atoms with E-state index in [9.17, 15) is 0 Å². The van der Waals surface area contributed by atoms with Crippen molar-refractivity contribution in [3.63, 3.8) is 0 Å². The maximum absolute atomic E-state index is 9.09. The Hall–Kier alpha value is -0.450. The van der Waals surface area contributed by atoms with E-state index >= 15 is 0 Å². The highest BCUT2D eigenvalue weighted by Crippen LogP contribution is 2.24. The first kappa shape index (κ1) is 10.6. The lowest BCUT2D eigenvalue weighted by atomic mass is 9.95. The number of pyridine rings is 1. The second kappa shape index (κ2) is 3.74. The first-order valence-corrected chi connectivity index (χ1v) is 4.79. The summed E-state index contributed by atoms with van der Waals surface area (Å²) in [4.78, 5) is 4.12. The number of hydrogen-bond donors (Lipinski definition) is 2. The smallest absolute Gasteiger partial charge is 0.111 e. The number of hydrogen-bond acceptors (Lipinski definition) is 3. The van der Waals surface area contributed by atoms with Gasteiger partial charge >= 0.3 is 0 Å². The zero-order valence-electron chi connectivity index (χ0n) is 7.71. The second-order valence-electron chi connectivity index (χ2n) is 3.43. The Morgan fingerprint density at radius 1 is 1.69 bits per heavy atom. The average Bonchev–Trinajstić information content (AvgIpc) is 2.09. The van der Waals surface area contributed by atoms with Gasteiger partial charge in [0.25, 0.3) is 0 Å². The summed E-state index contributed by atoms with van der Waals surface area (Å²) in [5, 5.41) is 9.09. The number of halogens is 1. The van der Waals surface area contributed by atoms with Gasteiger partial charge in [0.2, 0.25) is 0 Å². The van der Waals surface area contributed by atoms with Gasteiger partial charge in [0, 0.05) is 11.8 Å². The Balaban J connectivity index is 3.20. The van der Waals surface area contributed by atoms with Crippen LogP contribution in [0.4, 0.5) is 0 Å². The maximum Gasteiger partial charge on any atom is 0.111 e. The van der Waals surface area contributed by atoms with E-state index in [1.807, 2.05) is 13.0 Å². The largest absolute Gasteiger partial charge is 0.394 e. The third kappa shape index (κ3) is 2.27. The van der Waals surface area contributed by atoms with E-state index in [-0.39, 0.29) is 6.61 Å². The normalized spacial score (nSPS) is 15.5. The highest BCUT2D eigenvalue weighted by Gasteiger charge is 2.23. The molecule has 1 heterocycles. The summed E-state index contributed by atoms with van der Waals surface area (Å²) in [6.45, 7) is 3.61. The van der Waals surface area contributed by atoms with Gasteiger partial charge in [-0.15, -0.1) is 0 Å². The summed E-state index contributed by atoms with van der Waals surface area (Å²) in [5.74, 6) is 0. The molecular weight excluding hydrogens is 232 g/mol.